The summed E-state index contributed by atoms with van der Waals surface area (Å²) in [5.74, 6) is -2.22. The maximum absolute atomic E-state index is 14.6. The van der Waals surface area contributed by atoms with Crippen LogP contribution in [-0.2, 0) is 35.1 Å². The molecule has 1 aromatic carbocycles. The third-order valence-corrected chi connectivity index (χ3v) is 12.6. The Bertz CT molecular complexity index is 1630. The number of aromatic nitrogens is 1. The molecule has 2 aliphatic rings. The Hall–Kier alpha value is -3.88. The van der Waals surface area contributed by atoms with Gasteiger partial charge in [-0.15, -0.1) is 11.3 Å². The summed E-state index contributed by atoms with van der Waals surface area (Å²) < 4.78 is 6.04. The zero-order valence-corrected chi connectivity index (χ0v) is 36.8. The molecule has 5 amide bonds. The standard InChI is InChI=1S/C43H67N7O6S/c1-26(2)35(46-40(52)36(27(3)4)47(8)9)42(54)48(10)37(28(5)6)43(55)50-22-16-20-33(50)41(53)49-21-15-19-32(49)38(56-11)29(7)39(51)45-31(34-24-44-25-57-34)23-30-17-13-12-14-18-30/h12-14,17-18,24-29,31-33,35-38H,15-16,19-23H2,1-11H3,(H,45,51)(H,46,52)/t29-,31+,32+,33+,35+,36+,37+,38-/m1/s1. The summed E-state index contributed by atoms with van der Waals surface area (Å²) in [5.41, 5.74) is 2.85. The first-order valence-electron chi connectivity index (χ1n) is 20.6. The van der Waals surface area contributed by atoms with Crippen LogP contribution in [0.15, 0.2) is 42.0 Å². The number of likely N-dealkylation sites (tertiary alicyclic amines) is 2. The second kappa shape index (κ2) is 20.7. The lowest BCUT2D eigenvalue weighted by atomic mass is 9.93. The molecule has 4 rings (SSSR count). The minimum atomic E-state index is -0.842. The summed E-state index contributed by atoms with van der Waals surface area (Å²) in [4.78, 5) is 82.6. The van der Waals surface area contributed by atoms with Gasteiger partial charge in [-0.1, -0.05) is 78.8 Å². The highest BCUT2D eigenvalue weighted by atomic mass is 32.1. The molecule has 0 aliphatic carbocycles. The molecule has 2 aromatic rings. The summed E-state index contributed by atoms with van der Waals surface area (Å²) in [6, 6.07) is 6.59. The van der Waals surface area contributed by atoms with Crippen LogP contribution in [0.5, 0.6) is 0 Å². The Balaban J connectivity index is 1.49. The fraction of sp³-hybridized carbons (Fsp3) is 0.674. The molecule has 2 N–H and O–H groups in total. The van der Waals surface area contributed by atoms with Gasteiger partial charge in [0, 0.05) is 38.3 Å². The van der Waals surface area contributed by atoms with E-state index in [-0.39, 0.29) is 59.4 Å². The van der Waals surface area contributed by atoms with Gasteiger partial charge in [-0.3, -0.25) is 33.9 Å². The summed E-state index contributed by atoms with van der Waals surface area (Å²) >= 11 is 1.50. The predicted molar refractivity (Wildman–Crippen MR) is 223 cm³/mol. The van der Waals surface area contributed by atoms with E-state index in [1.54, 1.807) is 30.8 Å². The molecule has 2 fully saturated rings. The second-order valence-electron chi connectivity index (χ2n) is 17.1. The monoisotopic (exact) mass is 809 g/mol. The van der Waals surface area contributed by atoms with Crippen molar-refractivity contribution in [1.29, 1.82) is 0 Å². The number of nitrogens with zero attached hydrogens (tertiary/aromatic N) is 5. The lowest BCUT2D eigenvalue weighted by molar-refractivity contribution is -0.154. The van der Waals surface area contributed by atoms with Crippen LogP contribution in [0, 0.1) is 23.7 Å². The van der Waals surface area contributed by atoms with E-state index < -0.39 is 36.2 Å². The summed E-state index contributed by atoms with van der Waals surface area (Å²) in [6.45, 7) is 14.2. The molecule has 57 heavy (non-hydrogen) atoms. The van der Waals surface area contributed by atoms with Crippen molar-refractivity contribution in [3.8, 4) is 0 Å². The highest BCUT2D eigenvalue weighted by Gasteiger charge is 2.47. The van der Waals surface area contributed by atoms with Crippen molar-refractivity contribution in [2.75, 3.05) is 41.3 Å². The average Bonchev–Trinajstić information content (AvgIpc) is 3.96. The molecule has 13 nitrogen and oxygen atoms in total. The van der Waals surface area contributed by atoms with E-state index in [9.17, 15) is 24.0 Å². The van der Waals surface area contributed by atoms with Gasteiger partial charge in [0.05, 0.1) is 35.7 Å². The number of carbonyl (C=O) groups is 5. The smallest absolute Gasteiger partial charge is 0.246 e. The zero-order valence-electron chi connectivity index (χ0n) is 35.9. The third kappa shape index (κ3) is 11.0. The number of nitrogens with one attached hydrogen (secondary N) is 2. The van der Waals surface area contributed by atoms with Gasteiger partial charge in [-0.05, 0) is 69.5 Å². The predicted octanol–water partition coefficient (Wildman–Crippen LogP) is 4.39. The largest absolute Gasteiger partial charge is 0.378 e. The maximum Gasteiger partial charge on any atom is 0.246 e. The van der Waals surface area contributed by atoms with Crippen LogP contribution in [0.3, 0.4) is 0 Å². The average molecular weight is 810 g/mol. The fourth-order valence-electron chi connectivity index (χ4n) is 8.81. The molecule has 3 heterocycles. The molecule has 0 radical (unpaired) electrons. The maximum atomic E-state index is 14.6. The first-order chi connectivity index (χ1) is 27.0. The fourth-order valence-corrected chi connectivity index (χ4v) is 9.49. The van der Waals surface area contributed by atoms with Gasteiger partial charge >= 0.3 is 0 Å². The lowest BCUT2D eigenvalue weighted by Gasteiger charge is -2.40. The van der Waals surface area contributed by atoms with Gasteiger partial charge in [-0.2, -0.15) is 0 Å². The van der Waals surface area contributed by atoms with Gasteiger partial charge in [0.1, 0.15) is 18.1 Å². The van der Waals surface area contributed by atoms with Crippen LogP contribution in [-0.4, -0.2) is 132 Å². The second-order valence-corrected chi connectivity index (χ2v) is 18.0. The van der Waals surface area contributed by atoms with E-state index >= 15 is 0 Å². The van der Waals surface area contributed by atoms with Crippen molar-refractivity contribution in [2.45, 2.75) is 123 Å². The van der Waals surface area contributed by atoms with Crippen LogP contribution >= 0.6 is 11.3 Å². The van der Waals surface area contributed by atoms with Crippen LogP contribution in [0.2, 0.25) is 0 Å². The molecule has 316 valence electrons. The Labute approximate surface area is 344 Å². The number of hydrogen-bond donors (Lipinski definition) is 2. The number of benzene rings is 1. The number of likely N-dealkylation sites (N-methyl/N-ethyl adjacent to an activating group) is 2. The number of amides is 5. The summed E-state index contributed by atoms with van der Waals surface area (Å²) in [7, 11) is 6.89. The van der Waals surface area contributed by atoms with Crippen molar-refractivity contribution in [3.05, 3.63) is 52.5 Å². The molecule has 0 bridgehead atoms. The molecule has 0 saturated carbocycles. The van der Waals surface area contributed by atoms with Crippen molar-refractivity contribution < 1.29 is 28.7 Å². The molecular formula is C43H67N7O6S. The first-order valence-corrected chi connectivity index (χ1v) is 21.5. The van der Waals surface area contributed by atoms with E-state index in [0.717, 1.165) is 16.9 Å². The van der Waals surface area contributed by atoms with E-state index in [2.05, 4.69) is 15.6 Å². The lowest BCUT2D eigenvalue weighted by Crippen LogP contribution is -2.61. The SMILES string of the molecule is CO[C@H]([C@@H](C)C(=O)N[C@@H](Cc1ccccc1)c1cncs1)[C@@H]1CCCN1C(=O)[C@@H]1CCCN1C(=O)[C@H](C(C)C)N(C)C(=O)[C@@H](NC(=O)[C@H](C(C)C)N(C)C)C(C)C. The molecule has 14 heteroatoms. The van der Waals surface area contributed by atoms with Crippen molar-refractivity contribution >= 4 is 40.9 Å². The number of methoxy groups -OCH3 is 1. The first kappa shape index (κ1) is 45.8. The molecule has 1 aromatic heterocycles. The quantitative estimate of drug-likeness (QED) is 0.226. The van der Waals surface area contributed by atoms with Gasteiger partial charge in [0.15, 0.2) is 0 Å². The molecule has 2 aliphatic heterocycles. The van der Waals surface area contributed by atoms with Gasteiger partial charge < -0.3 is 30.1 Å². The molecule has 0 spiro atoms. The zero-order chi connectivity index (χ0) is 42.1. The van der Waals surface area contributed by atoms with Crippen LogP contribution in [0.25, 0.3) is 0 Å². The highest BCUT2D eigenvalue weighted by Crippen LogP contribution is 2.32. The Morgan fingerprint density at radius 1 is 0.842 bits per heavy atom. The van der Waals surface area contributed by atoms with Crippen molar-refractivity contribution in [2.24, 2.45) is 23.7 Å². The van der Waals surface area contributed by atoms with E-state index in [1.165, 1.54) is 16.2 Å². The van der Waals surface area contributed by atoms with E-state index in [1.807, 2.05) is 103 Å². The molecule has 0 unspecified atom stereocenters. The minimum absolute atomic E-state index is 0.0245. The Morgan fingerprint density at radius 3 is 2.04 bits per heavy atom. The van der Waals surface area contributed by atoms with Gasteiger partial charge in [0.2, 0.25) is 29.5 Å². The molecule has 2 saturated heterocycles. The normalized spacial score (nSPS) is 20.4. The summed E-state index contributed by atoms with van der Waals surface area (Å²) in [5, 5.41) is 6.24. The minimum Gasteiger partial charge on any atom is -0.378 e. The molecular weight excluding hydrogens is 743 g/mol. The number of rotatable bonds is 18. The van der Waals surface area contributed by atoms with Crippen LogP contribution in [0.1, 0.15) is 90.6 Å². The number of ether oxygens (including phenoxy) is 1. The van der Waals surface area contributed by atoms with Crippen LogP contribution < -0.4 is 10.6 Å². The Kier molecular flexibility index (Phi) is 16.6. The topological polar surface area (TPSA) is 144 Å². The van der Waals surface area contributed by atoms with Gasteiger partial charge in [0.25, 0.3) is 0 Å². The highest BCUT2D eigenvalue weighted by molar-refractivity contribution is 7.09. The number of hydrogen-bond acceptors (Lipinski definition) is 9. The number of thiazole rings is 1. The summed E-state index contributed by atoms with van der Waals surface area (Å²) in [6.07, 6.45) is 4.41. The molecule has 8 atom stereocenters. The van der Waals surface area contributed by atoms with E-state index in [0.29, 0.717) is 38.8 Å². The van der Waals surface area contributed by atoms with Crippen LogP contribution in [0.4, 0.5) is 0 Å². The van der Waals surface area contributed by atoms with Crippen molar-refractivity contribution in [1.82, 2.24) is 35.2 Å². The van der Waals surface area contributed by atoms with Crippen molar-refractivity contribution in [3.63, 3.8) is 0 Å². The third-order valence-electron chi connectivity index (χ3n) is 11.7. The number of carbonyl (C=O) groups excluding carboxylic acids is 5. The van der Waals surface area contributed by atoms with Gasteiger partial charge in [-0.25, -0.2) is 0 Å². The Morgan fingerprint density at radius 2 is 1.47 bits per heavy atom. The van der Waals surface area contributed by atoms with E-state index in [4.69, 9.17) is 4.74 Å².